The molecule has 0 amide bonds. The molecule has 0 spiro atoms. The first kappa shape index (κ1) is 13.8. The van der Waals surface area contributed by atoms with Gasteiger partial charge in [-0.2, -0.15) is 0 Å². The largest absolute Gasteiger partial charge is 0.508 e. The van der Waals surface area contributed by atoms with Crippen LogP contribution in [0, 0.1) is 10.1 Å². The number of halogens is 1. The maximum Gasteiger partial charge on any atom is 0.162 e. The lowest BCUT2D eigenvalue weighted by Gasteiger charge is -2.01. The summed E-state index contributed by atoms with van der Waals surface area (Å²) in [4.78, 5) is 10.5. The Morgan fingerprint density at radius 3 is 2.55 bits per heavy atom. The molecule has 2 aromatic carbocycles. The van der Waals surface area contributed by atoms with E-state index < -0.39 is 5.03 Å². The smallest absolute Gasteiger partial charge is 0.162 e. The second kappa shape index (κ2) is 5.98. The van der Waals surface area contributed by atoms with Gasteiger partial charge in [0.15, 0.2) is 5.03 Å². The standard InChI is InChI=1S/C12H9ClN4O3/c13-9-7-8(18)5-6-10(9)14-15-11-3-1-2-4-12(11)16-17(19)20/h1-7,16,18H. The molecule has 7 nitrogen and oxygen atoms in total. The summed E-state index contributed by atoms with van der Waals surface area (Å²) in [6, 6.07) is 10.6. The topological polar surface area (TPSA) is 100 Å². The number of phenolic OH excluding ortho intramolecular Hbond substituents is 1. The maximum absolute atomic E-state index is 10.5. The predicted molar refractivity (Wildman–Crippen MR) is 74.4 cm³/mol. The van der Waals surface area contributed by atoms with Gasteiger partial charge in [0.1, 0.15) is 22.8 Å². The minimum atomic E-state index is -0.679. The molecule has 2 N–H and O–H groups in total. The van der Waals surface area contributed by atoms with Crippen molar-refractivity contribution in [2.24, 2.45) is 10.2 Å². The van der Waals surface area contributed by atoms with E-state index in [4.69, 9.17) is 11.6 Å². The minimum absolute atomic E-state index is 0.0179. The summed E-state index contributed by atoms with van der Waals surface area (Å²) < 4.78 is 0. The SMILES string of the molecule is O=[N+]([O-])Nc1ccccc1N=Nc1ccc(O)cc1Cl. The van der Waals surface area contributed by atoms with Crippen LogP contribution in [0.1, 0.15) is 0 Å². The number of phenols is 1. The summed E-state index contributed by atoms with van der Waals surface area (Å²) in [7, 11) is 0. The molecule has 0 unspecified atom stereocenters. The summed E-state index contributed by atoms with van der Waals surface area (Å²) in [5.74, 6) is 0.0179. The Bertz CT molecular complexity index is 676. The van der Waals surface area contributed by atoms with E-state index in [0.29, 0.717) is 11.4 Å². The van der Waals surface area contributed by atoms with Crippen LogP contribution in [0.25, 0.3) is 0 Å². The van der Waals surface area contributed by atoms with Gasteiger partial charge in [-0.25, -0.2) is 10.1 Å². The van der Waals surface area contributed by atoms with Gasteiger partial charge in [0, 0.05) is 6.07 Å². The Morgan fingerprint density at radius 2 is 1.85 bits per heavy atom. The van der Waals surface area contributed by atoms with E-state index in [1.165, 1.54) is 24.3 Å². The molecule has 0 aromatic heterocycles. The molecule has 0 aliphatic carbocycles. The number of anilines is 1. The van der Waals surface area contributed by atoms with Crippen LogP contribution in [0.3, 0.4) is 0 Å². The van der Waals surface area contributed by atoms with Crippen molar-refractivity contribution in [3.05, 3.63) is 57.6 Å². The summed E-state index contributed by atoms with van der Waals surface area (Å²) in [6.07, 6.45) is 0. The summed E-state index contributed by atoms with van der Waals surface area (Å²) in [5.41, 5.74) is 2.89. The molecular formula is C12H9ClN4O3. The molecule has 2 rings (SSSR count). The molecule has 0 heterocycles. The molecule has 0 aliphatic heterocycles. The van der Waals surface area contributed by atoms with Crippen LogP contribution in [0.2, 0.25) is 5.02 Å². The lowest BCUT2D eigenvalue weighted by Crippen LogP contribution is -2.07. The van der Waals surface area contributed by atoms with Gasteiger partial charge in [-0.3, -0.25) is 0 Å². The van der Waals surface area contributed by atoms with Crippen LogP contribution in [0.4, 0.5) is 17.1 Å². The number of benzene rings is 2. The molecule has 20 heavy (non-hydrogen) atoms. The van der Waals surface area contributed by atoms with E-state index in [1.807, 2.05) is 5.43 Å². The fourth-order valence-corrected chi connectivity index (χ4v) is 1.65. The van der Waals surface area contributed by atoms with Crippen LogP contribution in [0.5, 0.6) is 5.75 Å². The van der Waals surface area contributed by atoms with E-state index in [2.05, 4.69) is 10.2 Å². The van der Waals surface area contributed by atoms with Gasteiger partial charge in [0.2, 0.25) is 0 Å². The van der Waals surface area contributed by atoms with Crippen LogP contribution >= 0.6 is 11.6 Å². The van der Waals surface area contributed by atoms with Crippen LogP contribution in [-0.2, 0) is 0 Å². The Labute approximate surface area is 118 Å². The van der Waals surface area contributed by atoms with Crippen molar-refractivity contribution in [1.82, 2.24) is 0 Å². The van der Waals surface area contributed by atoms with Gasteiger partial charge in [-0.05, 0) is 24.3 Å². The quantitative estimate of drug-likeness (QED) is 0.504. The minimum Gasteiger partial charge on any atom is -0.508 e. The van der Waals surface area contributed by atoms with Gasteiger partial charge < -0.3 is 5.11 Å². The molecule has 0 atom stereocenters. The first-order chi connectivity index (χ1) is 9.56. The van der Waals surface area contributed by atoms with E-state index in [0.717, 1.165) is 0 Å². The maximum atomic E-state index is 10.5. The monoisotopic (exact) mass is 292 g/mol. The lowest BCUT2D eigenvalue weighted by atomic mass is 10.3. The number of hydrogen-bond donors (Lipinski definition) is 2. The molecule has 8 heteroatoms. The average Bonchev–Trinajstić information content (AvgIpc) is 2.39. The summed E-state index contributed by atoms with van der Waals surface area (Å²) in [6.45, 7) is 0. The number of azo groups is 1. The Morgan fingerprint density at radius 1 is 1.15 bits per heavy atom. The first-order valence-electron chi connectivity index (χ1n) is 5.46. The van der Waals surface area contributed by atoms with Crippen molar-refractivity contribution in [3.8, 4) is 5.75 Å². The molecule has 102 valence electrons. The van der Waals surface area contributed by atoms with E-state index in [9.17, 15) is 15.2 Å². The molecule has 0 saturated heterocycles. The van der Waals surface area contributed by atoms with Gasteiger partial charge in [0.05, 0.1) is 5.02 Å². The number of rotatable bonds is 4. The van der Waals surface area contributed by atoms with Gasteiger partial charge in [-0.15, -0.1) is 15.7 Å². The van der Waals surface area contributed by atoms with Gasteiger partial charge in [-0.1, -0.05) is 23.7 Å². The number of hydrogen-bond acceptors (Lipinski definition) is 5. The van der Waals surface area contributed by atoms with Crippen LogP contribution in [-0.4, -0.2) is 10.1 Å². The summed E-state index contributed by atoms with van der Waals surface area (Å²) >= 11 is 5.88. The lowest BCUT2D eigenvalue weighted by molar-refractivity contribution is -0.445. The van der Waals surface area contributed by atoms with Crippen molar-refractivity contribution >= 4 is 28.7 Å². The molecule has 0 radical (unpaired) electrons. The Kier molecular flexibility index (Phi) is 4.11. The zero-order chi connectivity index (χ0) is 14.5. The zero-order valence-corrected chi connectivity index (χ0v) is 10.8. The number of para-hydroxylation sites is 1. The van der Waals surface area contributed by atoms with Crippen molar-refractivity contribution in [3.63, 3.8) is 0 Å². The molecular weight excluding hydrogens is 284 g/mol. The molecule has 0 fully saturated rings. The van der Waals surface area contributed by atoms with Crippen molar-refractivity contribution in [1.29, 1.82) is 0 Å². The van der Waals surface area contributed by atoms with Crippen molar-refractivity contribution < 1.29 is 10.1 Å². The number of nitrogens with zero attached hydrogens (tertiary/aromatic N) is 3. The Balaban J connectivity index is 2.29. The highest BCUT2D eigenvalue weighted by Crippen LogP contribution is 2.31. The van der Waals surface area contributed by atoms with Crippen molar-refractivity contribution in [2.45, 2.75) is 0 Å². The highest BCUT2D eigenvalue weighted by atomic mass is 35.5. The van der Waals surface area contributed by atoms with Gasteiger partial charge >= 0.3 is 0 Å². The third-order valence-corrected chi connectivity index (χ3v) is 2.62. The van der Waals surface area contributed by atoms with Crippen LogP contribution in [0.15, 0.2) is 52.7 Å². The fourth-order valence-electron chi connectivity index (χ4n) is 1.44. The number of nitrogens with one attached hydrogen (secondary N) is 1. The highest BCUT2D eigenvalue weighted by Gasteiger charge is 2.06. The van der Waals surface area contributed by atoms with E-state index in [-0.39, 0.29) is 16.5 Å². The van der Waals surface area contributed by atoms with Crippen LogP contribution < -0.4 is 5.43 Å². The fraction of sp³-hybridized carbons (Fsp3) is 0. The molecule has 0 bridgehead atoms. The molecule has 0 aliphatic rings. The molecule has 0 saturated carbocycles. The molecule has 2 aromatic rings. The highest BCUT2D eigenvalue weighted by molar-refractivity contribution is 6.33. The number of nitro groups is 1. The van der Waals surface area contributed by atoms with E-state index in [1.54, 1.807) is 18.2 Å². The normalized spacial score (nSPS) is 10.7. The Hall–Kier alpha value is -2.67. The third kappa shape index (κ3) is 3.42. The first-order valence-corrected chi connectivity index (χ1v) is 5.84. The summed E-state index contributed by atoms with van der Waals surface area (Å²) in [5, 5.41) is 27.1. The average molecular weight is 293 g/mol. The number of aromatic hydroxyl groups is 1. The predicted octanol–water partition coefficient (Wildman–Crippen LogP) is 4.06. The van der Waals surface area contributed by atoms with Gasteiger partial charge in [0.25, 0.3) is 0 Å². The van der Waals surface area contributed by atoms with E-state index >= 15 is 0 Å². The zero-order valence-electron chi connectivity index (χ0n) is 10.0. The van der Waals surface area contributed by atoms with Crippen molar-refractivity contribution in [2.75, 3.05) is 5.43 Å². The third-order valence-electron chi connectivity index (χ3n) is 2.31. The second-order valence-electron chi connectivity index (χ2n) is 3.72. The number of hydrazine groups is 1. The second-order valence-corrected chi connectivity index (χ2v) is 4.13.